The molecule has 0 N–H and O–H groups in total. The van der Waals surface area contributed by atoms with Crippen LogP contribution >= 0.6 is 0 Å². The van der Waals surface area contributed by atoms with Gasteiger partial charge in [0.1, 0.15) is 6.04 Å². The number of carbonyl (C=O) groups excluding carboxylic acids is 3. The quantitative estimate of drug-likeness (QED) is 0.252. The van der Waals surface area contributed by atoms with Gasteiger partial charge in [-0.15, -0.1) is 0 Å². The maximum Gasteiger partial charge on any atom is 0.460 e. The number of piperazine rings is 1. The number of halogens is 15. The highest BCUT2D eigenvalue weighted by molar-refractivity contribution is 6.25. The molecule has 2 aromatic carbocycles. The van der Waals surface area contributed by atoms with Gasteiger partial charge in [0.05, 0.1) is 17.8 Å². The predicted octanol–water partition coefficient (Wildman–Crippen LogP) is 6.33. The van der Waals surface area contributed by atoms with Gasteiger partial charge in [-0.3, -0.25) is 9.59 Å². The first-order valence-electron chi connectivity index (χ1n) is 12.6. The summed E-state index contributed by atoms with van der Waals surface area (Å²) in [6, 6.07) is 4.08. The van der Waals surface area contributed by atoms with E-state index in [1.807, 2.05) is 0 Å². The number of benzene rings is 2. The lowest BCUT2D eigenvalue weighted by Gasteiger charge is -2.42. The number of rotatable bonds is 7. The summed E-state index contributed by atoms with van der Waals surface area (Å²) in [5.74, 6) is -53.4. The van der Waals surface area contributed by atoms with Crippen LogP contribution in [0.5, 0.6) is 0 Å². The van der Waals surface area contributed by atoms with Crippen molar-refractivity contribution >= 4 is 34.3 Å². The average molecular weight is 689 g/mol. The number of hydrogen-bond donors (Lipinski definition) is 0. The zero-order valence-corrected chi connectivity index (χ0v) is 21.9. The Bertz CT molecular complexity index is 1620. The molecule has 2 aromatic rings. The zero-order chi connectivity index (χ0) is 34.8. The van der Waals surface area contributed by atoms with Crippen molar-refractivity contribution in [3.05, 3.63) is 42.5 Å². The van der Waals surface area contributed by atoms with Gasteiger partial charge < -0.3 is 9.80 Å². The molecule has 0 aromatic heterocycles. The van der Waals surface area contributed by atoms with Gasteiger partial charge in [0.15, 0.2) is 0 Å². The molecule has 46 heavy (non-hydrogen) atoms. The molecule has 0 aliphatic carbocycles. The molecule has 5 rings (SSSR count). The normalized spacial score (nSPS) is 23.2. The first-order valence-corrected chi connectivity index (χ1v) is 12.6. The van der Waals surface area contributed by atoms with Crippen LogP contribution < -0.4 is 4.90 Å². The maximum absolute atomic E-state index is 14.8. The van der Waals surface area contributed by atoms with Crippen molar-refractivity contribution < 1.29 is 80.2 Å². The number of fused-ring (bicyclic) bond motifs is 6. The van der Waals surface area contributed by atoms with Crippen LogP contribution in [0.2, 0.25) is 0 Å². The second-order valence-corrected chi connectivity index (χ2v) is 10.7. The minimum Gasteiger partial charge on any atom is -0.330 e. The number of urea groups is 1. The van der Waals surface area contributed by atoms with E-state index >= 15 is 0 Å². The molecule has 3 atom stereocenters. The standard InChI is InChI=1S/C25H14F15N3O3/c26-19(27,20(28,29)21(30,31)22(32,33)23(34,35)24(36,37)25(38,39)40)17(45)41-9-11-8-14(41)15-16(44)43(18(46)42(11)15)13-7-3-5-10-4-1-2-6-12(10)13/h1-7,11,14-15H,8-9H2/t11-,14?,15+/m1/s1. The van der Waals surface area contributed by atoms with Crippen LogP contribution in [0.3, 0.4) is 0 Å². The van der Waals surface area contributed by atoms with Gasteiger partial charge in [-0.05, 0) is 17.9 Å². The summed E-state index contributed by atoms with van der Waals surface area (Å²) < 4.78 is 205. The van der Waals surface area contributed by atoms with Crippen LogP contribution in [0.1, 0.15) is 6.42 Å². The number of imide groups is 1. The molecule has 0 saturated carbocycles. The smallest absolute Gasteiger partial charge is 0.330 e. The Morgan fingerprint density at radius 2 is 1.20 bits per heavy atom. The van der Waals surface area contributed by atoms with Crippen molar-refractivity contribution in [1.29, 1.82) is 0 Å². The van der Waals surface area contributed by atoms with Gasteiger partial charge in [0, 0.05) is 11.9 Å². The van der Waals surface area contributed by atoms with Crippen LogP contribution in [-0.4, -0.2) is 94.0 Å². The molecule has 3 fully saturated rings. The molecular formula is C25H14F15N3O3. The number of amides is 4. The molecule has 3 aliphatic heterocycles. The molecule has 252 valence electrons. The Morgan fingerprint density at radius 3 is 1.78 bits per heavy atom. The van der Waals surface area contributed by atoms with Crippen LogP contribution in [0, 0.1) is 0 Å². The largest absolute Gasteiger partial charge is 0.460 e. The van der Waals surface area contributed by atoms with E-state index in [-0.39, 0.29) is 10.6 Å². The summed E-state index contributed by atoms with van der Waals surface area (Å²) in [6.45, 7) is -1.20. The molecule has 0 spiro atoms. The molecule has 6 nitrogen and oxygen atoms in total. The van der Waals surface area contributed by atoms with Crippen molar-refractivity contribution in [1.82, 2.24) is 9.80 Å². The van der Waals surface area contributed by atoms with E-state index < -0.39 is 90.6 Å². The number of hydrogen-bond acceptors (Lipinski definition) is 3. The van der Waals surface area contributed by atoms with E-state index in [0.29, 0.717) is 15.7 Å². The fraction of sp³-hybridized carbons (Fsp3) is 0.480. The average Bonchev–Trinajstić information content (AvgIpc) is 3.62. The minimum atomic E-state index is -8.54. The van der Waals surface area contributed by atoms with Gasteiger partial charge in [0.2, 0.25) is 0 Å². The molecular weight excluding hydrogens is 675 g/mol. The van der Waals surface area contributed by atoms with Crippen LogP contribution in [0.15, 0.2) is 42.5 Å². The third-order valence-corrected chi connectivity index (χ3v) is 8.13. The molecule has 3 saturated heterocycles. The van der Waals surface area contributed by atoms with Crippen LogP contribution in [0.4, 0.5) is 76.3 Å². The number of carbonyl (C=O) groups is 3. The Hall–Kier alpha value is -3.94. The summed E-state index contributed by atoms with van der Waals surface area (Å²) in [7, 11) is 0. The van der Waals surface area contributed by atoms with E-state index in [1.165, 1.54) is 24.3 Å². The van der Waals surface area contributed by atoms with Crippen molar-refractivity contribution in [2.45, 2.75) is 66.3 Å². The SMILES string of the molecule is O=C1[C@@H]2C3C[C@H](CN3C(=O)C(F)(F)C(F)(F)C(F)(F)C(F)(F)C(F)(F)C(F)(F)C(F)(F)F)N2C(=O)N1c1cccc2ccccc12. The van der Waals surface area contributed by atoms with Gasteiger partial charge in [-0.1, -0.05) is 36.4 Å². The molecule has 3 aliphatic rings. The Balaban J connectivity index is 1.46. The van der Waals surface area contributed by atoms with Crippen LogP contribution in [-0.2, 0) is 9.59 Å². The van der Waals surface area contributed by atoms with Gasteiger partial charge >= 0.3 is 47.7 Å². The minimum absolute atomic E-state index is 0.0462. The molecule has 1 unspecified atom stereocenters. The van der Waals surface area contributed by atoms with E-state index in [4.69, 9.17) is 0 Å². The lowest BCUT2D eigenvalue weighted by Crippen LogP contribution is -2.74. The van der Waals surface area contributed by atoms with Gasteiger partial charge in [-0.2, -0.15) is 65.9 Å². The molecule has 0 radical (unpaired) electrons. The Kier molecular flexibility index (Phi) is 6.94. The summed E-state index contributed by atoms with van der Waals surface area (Å²) in [6.07, 6.45) is -8.36. The second-order valence-electron chi connectivity index (χ2n) is 10.7. The molecule has 3 heterocycles. The van der Waals surface area contributed by atoms with Crippen molar-refractivity contribution in [3.8, 4) is 0 Å². The van der Waals surface area contributed by atoms with Crippen molar-refractivity contribution in [2.24, 2.45) is 0 Å². The number of alkyl halides is 15. The van der Waals surface area contributed by atoms with Crippen molar-refractivity contribution in [3.63, 3.8) is 0 Å². The number of nitrogens with zero attached hydrogens (tertiary/aromatic N) is 3. The molecule has 21 heteroatoms. The molecule has 2 bridgehead atoms. The predicted molar refractivity (Wildman–Crippen MR) is 122 cm³/mol. The highest BCUT2D eigenvalue weighted by Crippen LogP contribution is 2.62. The van der Waals surface area contributed by atoms with Crippen LogP contribution in [0.25, 0.3) is 10.8 Å². The third-order valence-electron chi connectivity index (χ3n) is 8.13. The fourth-order valence-corrected chi connectivity index (χ4v) is 5.80. The highest BCUT2D eigenvalue weighted by atomic mass is 19.4. The maximum atomic E-state index is 14.8. The molecule has 4 amide bonds. The summed E-state index contributed by atoms with van der Waals surface area (Å²) in [4.78, 5) is 40.1. The van der Waals surface area contributed by atoms with E-state index in [9.17, 15) is 80.2 Å². The zero-order valence-electron chi connectivity index (χ0n) is 21.9. The monoisotopic (exact) mass is 689 g/mol. The summed E-state index contributed by atoms with van der Waals surface area (Å²) >= 11 is 0. The third kappa shape index (κ3) is 3.91. The number of anilines is 1. The Labute approximate surface area is 245 Å². The fourth-order valence-electron chi connectivity index (χ4n) is 5.80. The topological polar surface area (TPSA) is 60.9 Å². The Morgan fingerprint density at radius 1 is 0.674 bits per heavy atom. The first kappa shape index (κ1) is 33.4. The summed E-state index contributed by atoms with van der Waals surface area (Å²) in [5.41, 5.74) is -0.0462. The van der Waals surface area contributed by atoms with E-state index in [1.54, 1.807) is 18.2 Å². The highest BCUT2D eigenvalue weighted by Gasteiger charge is 2.94. The lowest BCUT2D eigenvalue weighted by molar-refractivity contribution is -0.450. The van der Waals surface area contributed by atoms with Gasteiger partial charge in [-0.25, -0.2) is 9.69 Å². The van der Waals surface area contributed by atoms with E-state index in [2.05, 4.69) is 0 Å². The first-order chi connectivity index (χ1) is 20.8. The van der Waals surface area contributed by atoms with E-state index in [0.717, 1.165) is 4.90 Å². The number of likely N-dealkylation sites (tertiary alicyclic amines) is 1. The second kappa shape index (κ2) is 9.55. The van der Waals surface area contributed by atoms with Crippen molar-refractivity contribution in [2.75, 3.05) is 11.4 Å². The van der Waals surface area contributed by atoms with Gasteiger partial charge in [0.25, 0.3) is 11.8 Å². The summed E-state index contributed by atoms with van der Waals surface area (Å²) in [5, 5.41) is 0.820. The lowest BCUT2D eigenvalue weighted by atomic mass is 9.90.